The van der Waals surface area contributed by atoms with Gasteiger partial charge in [-0.05, 0) is 63.1 Å². The number of carbonyl (C=O) groups is 1. The van der Waals surface area contributed by atoms with Crippen LogP contribution in [0.15, 0.2) is 35.8 Å². The topological polar surface area (TPSA) is 62.7 Å². The number of halogens is 3. The molecule has 9 heteroatoms. The molecule has 0 aliphatic heterocycles. The predicted octanol–water partition coefficient (Wildman–Crippen LogP) is 5.00. The summed E-state index contributed by atoms with van der Waals surface area (Å²) in [6.07, 6.45) is 1.90. The first-order chi connectivity index (χ1) is 15.1. The van der Waals surface area contributed by atoms with Crippen LogP contribution in [-0.4, -0.2) is 46.3 Å². The number of aromatic nitrogens is 1. The van der Waals surface area contributed by atoms with Crippen LogP contribution in [0.2, 0.25) is 0 Å². The number of hydrogen-bond donors (Lipinski definition) is 1. The van der Waals surface area contributed by atoms with E-state index < -0.39 is 17.4 Å². The second-order valence-corrected chi connectivity index (χ2v) is 9.75. The van der Waals surface area contributed by atoms with E-state index in [1.807, 2.05) is 10.3 Å². The van der Waals surface area contributed by atoms with Crippen LogP contribution in [0.4, 0.5) is 13.2 Å². The van der Waals surface area contributed by atoms with Crippen LogP contribution in [0.5, 0.6) is 0 Å². The minimum absolute atomic E-state index is 0.0520. The number of carbonyl (C=O) groups excluding carboxylic acids is 1. The maximum absolute atomic E-state index is 13.3. The third kappa shape index (κ3) is 4.18. The van der Waals surface area contributed by atoms with E-state index in [1.165, 1.54) is 24.3 Å². The lowest BCUT2D eigenvalue weighted by atomic mass is 9.81. The van der Waals surface area contributed by atoms with E-state index in [4.69, 9.17) is 4.74 Å². The summed E-state index contributed by atoms with van der Waals surface area (Å²) in [5.74, 6) is -0.171. The molecule has 2 aliphatic rings. The summed E-state index contributed by atoms with van der Waals surface area (Å²) in [4.78, 5) is 19.7. The van der Waals surface area contributed by atoms with Crippen LogP contribution >= 0.6 is 11.3 Å². The van der Waals surface area contributed by atoms with Gasteiger partial charge in [-0.2, -0.15) is 13.2 Å². The molecule has 174 valence electrons. The highest BCUT2D eigenvalue weighted by Crippen LogP contribution is 2.44. The van der Waals surface area contributed by atoms with E-state index in [0.29, 0.717) is 12.5 Å². The Morgan fingerprint density at radius 2 is 1.75 bits per heavy atom. The number of benzene rings is 1. The molecule has 1 aromatic carbocycles. The van der Waals surface area contributed by atoms with Crippen LogP contribution in [0, 0.1) is 0 Å². The number of nitrogens with zero attached hydrogens (tertiary/aromatic N) is 2. The molecule has 1 aromatic heterocycles. The number of alkyl halides is 3. The van der Waals surface area contributed by atoms with Crippen LogP contribution in [0.25, 0.3) is 0 Å². The molecule has 2 fully saturated rings. The van der Waals surface area contributed by atoms with Gasteiger partial charge in [0, 0.05) is 36.3 Å². The Balaban J connectivity index is 1.50. The third-order valence-electron chi connectivity index (χ3n) is 6.79. The van der Waals surface area contributed by atoms with Crippen molar-refractivity contribution in [3.63, 3.8) is 0 Å². The first kappa shape index (κ1) is 23.2. The molecule has 0 spiro atoms. The minimum atomic E-state index is -4.80. The number of aliphatic hydroxyl groups is 1. The monoisotopic (exact) mass is 468 g/mol. The smallest absolute Gasteiger partial charge is 0.376 e. The van der Waals surface area contributed by atoms with Crippen molar-refractivity contribution >= 4 is 17.2 Å². The molecule has 1 N–H and O–H groups in total. The Kier molecular flexibility index (Phi) is 6.11. The van der Waals surface area contributed by atoms with E-state index in [2.05, 4.69) is 4.98 Å². The molecule has 0 unspecified atom stereocenters. The molecule has 0 bridgehead atoms. The van der Waals surface area contributed by atoms with Gasteiger partial charge in [0.2, 0.25) is 0 Å². The molecule has 0 saturated heterocycles. The lowest BCUT2D eigenvalue weighted by molar-refractivity contribution is -0.258. The second-order valence-electron chi connectivity index (χ2n) is 8.86. The van der Waals surface area contributed by atoms with Gasteiger partial charge in [-0.25, -0.2) is 4.98 Å². The van der Waals surface area contributed by atoms with Gasteiger partial charge < -0.3 is 14.7 Å². The lowest BCUT2D eigenvalue weighted by Gasteiger charge is -2.42. The number of methoxy groups -OCH3 is 1. The van der Waals surface area contributed by atoms with Gasteiger partial charge in [0.1, 0.15) is 10.6 Å². The van der Waals surface area contributed by atoms with Gasteiger partial charge in [-0.3, -0.25) is 4.79 Å². The molecule has 5 nitrogen and oxygen atoms in total. The van der Waals surface area contributed by atoms with Gasteiger partial charge in [0.15, 0.2) is 5.60 Å². The van der Waals surface area contributed by atoms with Crippen molar-refractivity contribution in [1.82, 2.24) is 9.88 Å². The molecular weight excluding hydrogens is 441 g/mol. The van der Waals surface area contributed by atoms with E-state index in [9.17, 15) is 23.1 Å². The van der Waals surface area contributed by atoms with E-state index in [-0.39, 0.29) is 23.6 Å². The average Bonchev–Trinajstić information content (AvgIpc) is 3.44. The Morgan fingerprint density at radius 1 is 1.16 bits per heavy atom. The van der Waals surface area contributed by atoms with Crippen molar-refractivity contribution in [2.75, 3.05) is 7.11 Å². The summed E-state index contributed by atoms with van der Waals surface area (Å²) in [6, 6.07) is 5.35. The molecule has 2 aromatic rings. The summed E-state index contributed by atoms with van der Waals surface area (Å²) < 4.78 is 45.2. The van der Waals surface area contributed by atoms with Crippen molar-refractivity contribution in [2.45, 2.75) is 74.9 Å². The van der Waals surface area contributed by atoms with Crippen LogP contribution in [-0.2, 0) is 15.9 Å². The maximum Gasteiger partial charge on any atom is 0.421 e. The lowest BCUT2D eigenvalue weighted by Crippen LogP contribution is -2.47. The first-order valence-electron chi connectivity index (χ1n) is 10.8. The maximum atomic E-state index is 13.3. The molecule has 1 atom stereocenters. The zero-order chi connectivity index (χ0) is 23.1. The minimum Gasteiger partial charge on any atom is -0.376 e. The summed E-state index contributed by atoms with van der Waals surface area (Å²) in [7, 11) is 1.70. The van der Waals surface area contributed by atoms with Crippen LogP contribution in [0.1, 0.15) is 66.4 Å². The molecule has 0 radical (unpaired) electrons. The quantitative estimate of drug-likeness (QED) is 0.648. The standard InChI is InChI=1S/C23H27F3N2O3S/c1-21(30,23(24,25)26)16-5-3-15(4-6-16)19(29)28(17-7-8-17)18-9-11-22(31-2,12-10-18)20-27-13-14-32-20/h3-6,13-14,17-18,30H,7-12H2,1-2H3/t18?,21-,22?/m0/s1. The van der Waals surface area contributed by atoms with Crippen molar-refractivity contribution in [1.29, 1.82) is 0 Å². The van der Waals surface area contributed by atoms with Crippen LogP contribution in [0.3, 0.4) is 0 Å². The normalized spacial score (nSPS) is 25.9. The van der Waals surface area contributed by atoms with Gasteiger partial charge >= 0.3 is 6.18 Å². The fraction of sp³-hybridized carbons (Fsp3) is 0.565. The molecule has 1 amide bonds. The van der Waals surface area contributed by atoms with E-state index in [0.717, 1.165) is 43.5 Å². The third-order valence-corrected chi connectivity index (χ3v) is 7.75. The highest BCUT2D eigenvalue weighted by atomic mass is 32.1. The summed E-state index contributed by atoms with van der Waals surface area (Å²) in [6.45, 7) is 0.715. The molecule has 4 rings (SSSR count). The average molecular weight is 469 g/mol. The molecule has 1 heterocycles. The molecular formula is C23H27F3N2O3S. The Morgan fingerprint density at radius 3 is 2.22 bits per heavy atom. The highest BCUT2D eigenvalue weighted by molar-refractivity contribution is 7.09. The second kappa shape index (κ2) is 8.43. The molecule has 32 heavy (non-hydrogen) atoms. The zero-order valence-electron chi connectivity index (χ0n) is 18.1. The van der Waals surface area contributed by atoms with Crippen molar-refractivity contribution < 1.29 is 27.8 Å². The van der Waals surface area contributed by atoms with Gasteiger partial charge in [-0.15, -0.1) is 11.3 Å². The number of amides is 1. The Hall–Kier alpha value is -1.97. The number of hydrogen-bond acceptors (Lipinski definition) is 5. The molecule has 2 aliphatic carbocycles. The SMILES string of the molecule is COC1(c2nccs2)CCC(N(C(=O)c2ccc([C@](C)(O)C(F)(F)F)cc2)C2CC2)CC1. The number of thiazole rings is 1. The Bertz CT molecular complexity index is 932. The van der Waals surface area contributed by atoms with Gasteiger partial charge in [-0.1, -0.05) is 12.1 Å². The van der Waals surface area contributed by atoms with E-state index >= 15 is 0 Å². The van der Waals surface area contributed by atoms with Gasteiger partial charge in [0.05, 0.1) is 0 Å². The van der Waals surface area contributed by atoms with Crippen molar-refractivity contribution in [3.8, 4) is 0 Å². The van der Waals surface area contributed by atoms with Gasteiger partial charge in [0.25, 0.3) is 5.91 Å². The van der Waals surface area contributed by atoms with Crippen molar-refractivity contribution in [2.24, 2.45) is 0 Å². The molecule has 2 saturated carbocycles. The Labute approximate surface area is 189 Å². The number of ether oxygens (including phenoxy) is 1. The highest BCUT2D eigenvalue weighted by Gasteiger charge is 2.51. The summed E-state index contributed by atoms with van der Waals surface area (Å²) in [5, 5.41) is 12.8. The zero-order valence-corrected chi connectivity index (χ0v) is 18.9. The summed E-state index contributed by atoms with van der Waals surface area (Å²) >= 11 is 1.57. The van der Waals surface area contributed by atoms with Crippen molar-refractivity contribution in [3.05, 3.63) is 52.0 Å². The fourth-order valence-corrected chi connectivity index (χ4v) is 5.41. The first-order valence-corrected chi connectivity index (χ1v) is 11.6. The predicted molar refractivity (Wildman–Crippen MR) is 114 cm³/mol. The van der Waals surface area contributed by atoms with E-state index in [1.54, 1.807) is 24.6 Å². The largest absolute Gasteiger partial charge is 0.421 e. The fourth-order valence-electron chi connectivity index (χ4n) is 4.53. The number of rotatable bonds is 6. The van der Waals surface area contributed by atoms with Crippen LogP contribution < -0.4 is 0 Å². The summed E-state index contributed by atoms with van der Waals surface area (Å²) in [5.41, 5.74) is -3.34.